The van der Waals surface area contributed by atoms with E-state index in [1.54, 1.807) is 0 Å². The molecule has 0 bridgehead atoms. The van der Waals surface area contributed by atoms with Crippen molar-refractivity contribution in [3.05, 3.63) is 213 Å². The van der Waals surface area contributed by atoms with Gasteiger partial charge in [-0.3, -0.25) is 14.4 Å². The fraction of sp³-hybridized carbons (Fsp3) is 0.357. The number of anilines is 6. The minimum absolute atomic E-state index is 0. The van der Waals surface area contributed by atoms with Gasteiger partial charge in [0.15, 0.2) is 0 Å². The van der Waals surface area contributed by atoms with Gasteiger partial charge >= 0.3 is 18.5 Å². The Balaban J connectivity index is 0.000000395. The monoisotopic (exact) mass is 1390 g/mol. The highest BCUT2D eigenvalue weighted by Gasteiger charge is 2.41. The third-order valence-corrected chi connectivity index (χ3v) is 16.9. The second-order valence-corrected chi connectivity index (χ2v) is 24.8. The van der Waals surface area contributed by atoms with E-state index < -0.39 is 69.7 Å². The quantitative estimate of drug-likeness (QED) is 0.0366. The van der Waals surface area contributed by atoms with Gasteiger partial charge in [0.05, 0.1) is 50.5 Å². The van der Waals surface area contributed by atoms with Crippen LogP contribution in [0.2, 0.25) is 5.02 Å². The van der Waals surface area contributed by atoms with Gasteiger partial charge in [-0.05, 0) is 103 Å². The van der Waals surface area contributed by atoms with Gasteiger partial charge in [0.1, 0.15) is 52.0 Å². The summed E-state index contributed by atoms with van der Waals surface area (Å²) in [5.74, 6) is -1.82. The lowest BCUT2D eigenvalue weighted by molar-refractivity contribution is -0.138. The maximum absolute atomic E-state index is 13.8. The number of hydrogen-bond donors (Lipinski definition) is 6. The van der Waals surface area contributed by atoms with Gasteiger partial charge < -0.3 is 47.9 Å². The number of hydrogen-bond acceptors (Lipinski definition) is 18. The number of alkyl halides is 9. The minimum Gasteiger partial charge on any atom is -0.383 e. The molecular formula is C70H87ClF9N15O3. The summed E-state index contributed by atoms with van der Waals surface area (Å²) in [6.07, 6.45) is -5.63. The number of ketones is 3. The van der Waals surface area contributed by atoms with Gasteiger partial charge in [-0.15, -0.1) is 0 Å². The Morgan fingerprint density at radius 2 is 0.908 bits per heavy atom. The van der Waals surface area contributed by atoms with E-state index in [0.717, 1.165) is 61.4 Å². The Kier molecular flexibility index (Phi) is 23.8. The molecule has 28 heteroatoms. The Morgan fingerprint density at radius 1 is 0.520 bits per heavy atom. The number of aromatic nitrogens is 6. The number of halogens is 10. The van der Waals surface area contributed by atoms with E-state index in [-0.39, 0.29) is 77.9 Å². The van der Waals surface area contributed by atoms with Crippen LogP contribution in [0.3, 0.4) is 0 Å². The van der Waals surface area contributed by atoms with Crippen molar-refractivity contribution in [1.82, 2.24) is 45.9 Å². The highest BCUT2D eigenvalue weighted by molar-refractivity contribution is 6.31. The second-order valence-electron chi connectivity index (χ2n) is 24.4. The fourth-order valence-electron chi connectivity index (χ4n) is 12.2. The summed E-state index contributed by atoms with van der Waals surface area (Å²) in [6, 6.07) is 33.7. The van der Waals surface area contributed by atoms with Crippen LogP contribution >= 0.6 is 11.6 Å². The van der Waals surface area contributed by atoms with E-state index in [1.807, 2.05) is 75.4 Å². The van der Waals surface area contributed by atoms with Crippen LogP contribution in [0.25, 0.3) is 0 Å². The first-order valence-corrected chi connectivity index (χ1v) is 32.3. The van der Waals surface area contributed by atoms with E-state index >= 15 is 0 Å². The maximum atomic E-state index is 13.8. The lowest BCUT2D eigenvalue weighted by atomic mass is 9.99. The minimum atomic E-state index is -4.75. The first-order chi connectivity index (χ1) is 46.6. The maximum Gasteiger partial charge on any atom is 0.418 e. The van der Waals surface area contributed by atoms with Crippen molar-refractivity contribution in [3.8, 4) is 0 Å². The predicted molar refractivity (Wildman–Crippen MR) is 372 cm³/mol. The number of nitrogens with zero attached hydrogens (tertiary/aromatic N) is 9. The smallest absolute Gasteiger partial charge is 0.383 e. The van der Waals surface area contributed by atoms with Gasteiger partial charge in [-0.25, -0.2) is 29.9 Å². The summed E-state index contributed by atoms with van der Waals surface area (Å²) in [4.78, 5) is 69.0. The molecule has 0 amide bonds. The molecule has 2 aromatic carbocycles. The summed E-state index contributed by atoms with van der Waals surface area (Å²) in [5.41, 5.74) is 13.6. The fourth-order valence-corrected chi connectivity index (χ4v) is 12.3. The summed E-state index contributed by atoms with van der Waals surface area (Å²) in [5, 5.41) is 10.8. The SMILES string of the molecule is CC(C)C[C@H]1CN(c2ccc(C(F)(F)F)c(C(=O)c3cc(Cl)cnc3N)n2)CCN1.CCC[C@H]1CN(c2ccc(C(F)(F)F)c(C(=O)c3cccnc3N)n2)C[C@@H](c2ccccc2)N1.CCC[C@H]1CN(c2ccc(C(F)(F)F)c(C(=O)c3cccnc3N)n2)C[C@H](c2ccccc2)N1.[HH].[HH].[HH].[HH].[HH].[HH]. The summed E-state index contributed by atoms with van der Waals surface area (Å²) >= 11 is 5.86. The average Bonchev–Trinajstić information content (AvgIpc) is 0.789. The van der Waals surface area contributed by atoms with Crippen LogP contribution in [0.4, 0.5) is 74.4 Å². The molecule has 0 spiro atoms. The Labute approximate surface area is 574 Å². The van der Waals surface area contributed by atoms with Gasteiger partial charge in [0, 0.05) is 91.1 Å². The molecule has 9 heterocycles. The third-order valence-electron chi connectivity index (χ3n) is 16.7. The average molecular weight is 1390 g/mol. The predicted octanol–water partition coefficient (Wildman–Crippen LogP) is 14.5. The topological polar surface area (TPSA) is 252 Å². The van der Waals surface area contributed by atoms with E-state index in [2.05, 4.69) is 73.5 Å². The zero-order valence-corrected chi connectivity index (χ0v) is 54.8. The highest BCUT2D eigenvalue weighted by Crippen LogP contribution is 2.39. The molecule has 530 valence electrons. The van der Waals surface area contributed by atoms with Crippen molar-refractivity contribution in [2.24, 2.45) is 5.92 Å². The van der Waals surface area contributed by atoms with Crippen LogP contribution in [0.15, 0.2) is 146 Å². The van der Waals surface area contributed by atoms with Crippen molar-refractivity contribution in [1.29, 1.82) is 0 Å². The molecule has 11 rings (SSSR count). The van der Waals surface area contributed by atoms with Crippen molar-refractivity contribution in [3.63, 3.8) is 0 Å². The lowest BCUT2D eigenvalue weighted by Crippen LogP contribution is -2.52. The molecule has 3 aliphatic heterocycles. The van der Waals surface area contributed by atoms with Crippen molar-refractivity contribution >= 4 is 63.9 Å². The number of pyridine rings is 6. The number of nitrogen functional groups attached to an aromatic ring is 3. The summed E-state index contributed by atoms with van der Waals surface area (Å²) < 4.78 is 123. The number of nitrogens with two attached hydrogens (primary N) is 3. The first kappa shape index (κ1) is 72.9. The molecule has 0 unspecified atom stereocenters. The number of benzene rings is 2. The molecule has 98 heavy (non-hydrogen) atoms. The number of rotatable bonds is 17. The molecule has 3 saturated heterocycles. The number of nitrogens with one attached hydrogen (secondary N) is 3. The van der Waals surface area contributed by atoms with E-state index in [0.29, 0.717) is 69.2 Å². The van der Waals surface area contributed by atoms with Crippen LogP contribution in [0.1, 0.15) is 156 Å². The molecular weight excluding hydrogens is 1310 g/mol. The van der Waals surface area contributed by atoms with Gasteiger partial charge in [-0.1, -0.05) is 113 Å². The molecule has 9 N–H and O–H groups in total. The molecule has 0 aliphatic carbocycles. The van der Waals surface area contributed by atoms with Gasteiger partial charge in [0.25, 0.3) is 0 Å². The zero-order chi connectivity index (χ0) is 70.6. The van der Waals surface area contributed by atoms with Crippen LogP contribution in [-0.2, 0) is 18.5 Å². The molecule has 0 saturated carbocycles. The van der Waals surface area contributed by atoms with Crippen LogP contribution in [-0.4, -0.2) is 111 Å². The molecule has 0 radical (unpaired) electrons. The van der Waals surface area contributed by atoms with Gasteiger partial charge in [-0.2, -0.15) is 39.5 Å². The third kappa shape index (κ3) is 18.3. The molecule has 6 aromatic heterocycles. The lowest BCUT2D eigenvalue weighted by Gasteiger charge is -2.40. The number of carbonyl (C=O) groups excluding carboxylic acids is 3. The Bertz CT molecular complexity index is 3910. The second kappa shape index (κ2) is 31.9. The van der Waals surface area contributed by atoms with Crippen LogP contribution in [0, 0.1) is 5.92 Å². The molecule has 3 aliphatic rings. The summed E-state index contributed by atoms with van der Waals surface area (Å²) in [7, 11) is 0. The van der Waals surface area contributed by atoms with Crippen LogP contribution < -0.4 is 47.9 Å². The molecule has 8 aromatic rings. The van der Waals surface area contributed by atoms with E-state index in [1.165, 1.54) is 67.1 Å². The first-order valence-electron chi connectivity index (χ1n) is 31.9. The van der Waals surface area contributed by atoms with Crippen molar-refractivity contribution in [2.45, 2.75) is 109 Å². The van der Waals surface area contributed by atoms with E-state index in [9.17, 15) is 53.9 Å². The largest absolute Gasteiger partial charge is 0.418 e. The Hall–Kier alpha value is -9.31. The van der Waals surface area contributed by atoms with Crippen molar-refractivity contribution in [2.75, 3.05) is 77.7 Å². The number of carbonyl (C=O) groups is 3. The highest BCUT2D eigenvalue weighted by atomic mass is 35.5. The van der Waals surface area contributed by atoms with Crippen molar-refractivity contribution < 1.29 is 62.5 Å². The zero-order valence-electron chi connectivity index (χ0n) is 54.1. The normalized spacial score (nSPS) is 18.3. The standard InChI is InChI=1S/2C25H26F3N5O.C20H23ClF3N5O.6H2/c2*1-2-7-17-14-33(15-20(31-17)16-8-4-3-5-9-16)21-12-11-19(25(26,27)28)22(32-21)23(34)18-10-6-13-30-24(18)29;1-11(2)7-13-10-29(6-5-26-13)16-4-3-15(20(22,23)24)17(28-16)18(30)14-8-12(21)9-27-19(14)25;;;;;;/h2*3-6,8-13,17,20,31H,2,7,14-15H2,1H3,(H2,29,30);3-4,8-9,11,13,26H,5-7,10H2,1-2H3,(H2,25,27);6*1H/t17-,20+;17-,20-;13-;;;;;;/m000....../s1. The Morgan fingerprint density at radius 3 is 1.30 bits per heavy atom. The van der Waals surface area contributed by atoms with Gasteiger partial charge in [0.2, 0.25) is 17.3 Å². The molecule has 3 fully saturated rings. The molecule has 18 nitrogen and oxygen atoms in total. The molecule has 5 atom stereocenters. The number of piperazine rings is 3. The van der Waals surface area contributed by atoms with Crippen LogP contribution in [0.5, 0.6) is 0 Å². The van der Waals surface area contributed by atoms with E-state index in [4.69, 9.17) is 28.8 Å². The summed E-state index contributed by atoms with van der Waals surface area (Å²) in [6.45, 7) is 12.4.